The average molecular weight is 250 g/mol. The van der Waals surface area contributed by atoms with Crippen molar-refractivity contribution in [3.63, 3.8) is 0 Å². The molecule has 1 aromatic rings. The molecule has 0 aromatic heterocycles. The van der Waals surface area contributed by atoms with Crippen molar-refractivity contribution in [3.8, 4) is 0 Å². The Kier molecular flexibility index (Phi) is 8.30. The Labute approximate surface area is 111 Å². The lowest BCUT2D eigenvalue weighted by Crippen LogP contribution is -2.17. The summed E-state index contributed by atoms with van der Waals surface area (Å²) in [5, 5.41) is 9.08. The molecule has 0 heterocycles. The third kappa shape index (κ3) is 4.61. The lowest BCUT2D eigenvalue weighted by atomic mass is 9.86. The van der Waals surface area contributed by atoms with Crippen LogP contribution in [0.15, 0.2) is 24.3 Å². The summed E-state index contributed by atoms with van der Waals surface area (Å²) >= 11 is 0. The Bertz CT molecular complexity index is 356. The van der Waals surface area contributed by atoms with Crippen LogP contribution in [0.5, 0.6) is 0 Å². The van der Waals surface area contributed by atoms with Gasteiger partial charge < -0.3 is 5.11 Å². The number of aliphatic hydroxyl groups is 1. The summed E-state index contributed by atoms with van der Waals surface area (Å²) in [6.45, 7) is 9.92. The third-order valence-electron chi connectivity index (χ3n) is 2.86. The molecule has 0 saturated heterocycles. The maximum Gasteiger partial charge on any atom is 0.142 e. The smallest absolute Gasteiger partial charge is 0.142 e. The van der Waals surface area contributed by atoms with Crippen LogP contribution in [0.3, 0.4) is 0 Å². The highest BCUT2D eigenvalue weighted by Gasteiger charge is 2.21. The second kappa shape index (κ2) is 8.87. The van der Waals surface area contributed by atoms with Crippen molar-refractivity contribution < 1.29 is 9.90 Å². The minimum atomic E-state index is -0.0356. The van der Waals surface area contributed by atoms with Crippen molar-refractivity contribution >= 4 is 5.78 Å². The summed E-state index contributed by atoms with van der Waals surface area (Å²) in [5.74, 6) is 0.298. The van der Waals surface area contributed by atoms with Crippen molar-refractivity contribution in [1.29, 1.82) is 0 Å². The maximum absolute atomic E-state index is 12.0. The first-order valence-corrected chi connectivity index (χ1v) is 6.83. The molecular formula is C16H26O2. The zero-order valence-corrected chi connectivity index (χ0v) is 12.2. The molecule has 0 saturated carbocycles. The Hall–Kier alpha value is -1.15. The first-order chi connectivity index (χ1) is 8.60. The topological polar surface area (TPSA) is 37.3 Å². The molecular weight excluding hydrogens is 224 g/mol. The standard InChI is InChI=1S/C14H20O2.C2H6/c1-4-13(14(16)10(2)3)12-7-5-6-11(8-12)9-15;1-2/h5-8,10,13,15H,4,9H2,1-3H3;1-2H3. The molecule has 0 aliphatic rings. The fourth-order valence-corrected chi connectivity index (χ4v) is 1.91. The van der Waals surface area contributed by atoms with Crippen LogP contribution in [0.2, 0.25) is 0 Å². The zero-order chi connectivity index (χ0) is 14.1. The van der Waals surface area contributed by atoms with Crippen LogP contribution in [-0.4, -0.2) is 10.9 Å². The fraction of sp³-hybridized carbons (Fsp3) is 0.562. The van der Waals surface area contributed by atoms with Gasteiger partial charge in [-0.25, -0.2) is 0 Å². The zero-order valence-electron chi connectivity index (χ0n) is 12.2. The molecule has 102 valence electrons. The van der Waals surface area contributed by atoms with E-state index in [0.717, 1.165) is 17.5 Å². The number of benzene rings is 1. The highest BCUT2D eigenvalue weighted by Crippen LogP contribution is 2.24. The third-order valence-corrected chi connectivity index (χ3v) is 2.86. The van der Waals surface area contributed by atoms with Crippen LogP contribution in [0.1, 0.15) is 58.1 Å². The monoisotopic (exact) mass is 250 g/mol. The number of hydrogen-bond donors (Lipinski definition) is 1. The van der Waals surface area contributed by atoms with Gasteiger partial charge in [-0.1, -0.05) is 58.9 Å². The first kappa shape index (κ1) is 16.9. The van der Waals surface area contributed by atoms with E-state index in [1.54, 1.807) is 0 Å². The average Bonchev–Trinajstić information content (AvgIpc) is 2.42. The summed E-state index contributed by atoms with van der Waals surface area (Å²) in [6.07, 6.45) is 0.811. The lowest BCUT2D eigenvalue weighted by Gasteiger charge is -2.17. The second-order valence-corrected chi connectivity index (χ2v) is 4.42. The second-order valence-electron chi connectivity index (χ2n) is 4.42. The predicted octanol–water partition coefficient (Wildman–Crippen LogP) is 3.92. The molecule has 0 aliphatic carbocycles. The normalized spacial score (nSPS) is 11.7. The van der Waals surface area contributed by atoms with Crippen LogP contribution in [-0.2, 0) is 11.4 Å². The predicted molar refractivity (Wildman–Crippen MR) is 76.6 cm³/mol. The molecule has 1 aromatic carbocycles. The van der Waals surface area contributed by atoms with Gasteiger partial charge in [0.25, 0.3) is 0 Å². The molecule has 0 spiro atoms. The highest BCUT2D eigenvalue weighted by molar-refractivity contribution is 5.87. The van der Waals surface area contributed by atoms with Crippen molar-refractivity contribution in [2.45, 2.75) is 53.6 Å². The molecule has 1 rings (SSSR count). The van der Waals surface area contributed by atoms with Crippen LogP contribution in [0.25, 0.3) is 0 Å². The van der Waals surface area contributed by atoms with Crippen LogP contribution in [0.4, 0.5) is 0 Å². The van der Waals surface area contributed by atoms with Crippen LogP contribution < -0.4 is 0 Å². The van der Waals surface area contributed by atoms with E-state index in [-0.39, 0.29) is 24.2 Å². The van der Waals surface area contributed by atoms with Gasteiger partial charge in [-0.2, -0.15) is 0 Å². The van der Waals surface area contributed by atoms with E-state index >= 15 is 0 Å². The van der Waals surface area contributed by atoms with Crippen molar-refractivity contribution in [1.82, 2.24) is 0 Å². The van der Waals surface area contributed by atoms with Gasteiger partial charge in [0.05, 0.1) is 6.61 Å². The van der Waals surface area contributed by atoms with Gasteiger partial charge in [-0.15, -0.1) is 0 Å². The van der Waals surface area contributed by atoms with Crippen LogP contribution >= 0.6 is 0 Å². The van der Waals surface area contributed by atoms with Gasteiger partial charge in [0.15, 0.2) is 0 Å². The lowest BCUT2D eigenvalue weighted by molar-refractivity contribution is -0.123. The minimum Gasteiger partial charge on any atom is -0.392 e. The number of ketones is 1. The SMILES string of the molecule is CC.CCC(C(=O)C(C)C)c1cccc(CO)c1. The molecule has 2 heteroatoms. The summed E-state index contributed by atoms with van der Waals surface area (Å²) in [6, 6.07) is 7.66. The molecule has 0 amide bonds. The molecule has 18 heavy (non-hydrogen) atoms. The van der Waals surface area contributed by atoms with E-state index in [1.165, 1.54) is 0 Å². The highest BCUT2D eigenvalue weighted by atomic mass is 16.3. The molecule has 0 bridgehead atoms. The number of carbonyl (C=O) groups excluding carboxylic acids is 1. The van der Waals surface area contributed by atoms with Gasteiger partial charge in [-0.05, 0) is 17.5 Å². The molecule has 0 radical (unpaired) electrons. The van der Waals surface area contributed by atoms with E-state index in [2.05, 4.69) is 0 Å². The first-order valence-electron chi connectivity index (χ1n) is 6.83. The Morgan fingerprint density at radius 3 is 2.33 bits per heavy atom. The Morgan fingerprint density at radius 2 is 1.89 bits per heavy atom. The Balaban J connectivity index is 0.00000137. The van der Waals surface area contributed by atoms with E-state index in [1.807, 2.05) is 58.9 Å². The van der Waals surface area contributed by atoms with Crippen molar-refractivity contribution in [2.75, 3.05) is 0 Å². The number of hydrogen-bond acceptors (Lipinski definition) is 2. The van der Waals surface area contributed by atoms with Crippen molar-refractivity contribution in [3.05, 3.63) is 35.4 Å². The van der Waals surface area contributed by atoms with E-state index in [9.17, 15) is 4.79 Å². The quantitative estimate of drug-likeness (QED) is 0.860. The number of Topliss-reactive ketones (excluding diaryl/α,β-unsaturated/α-hetero) is 1. The largest absolute Gasteiger partial charge is 0.392 e. The molecule has 1 atom stereocenters. The fourth-order valence-electron chi connectivity index (χ4n) is 1.91. The molecule has 2 nitrogen and oxygen atoms in total. The summed E-state index contributed by atoms with van der Waals surface area (Å²) in [4.78, 5) is 12.0. The number of rotatable bonds is 5. The van der Waals surface area contributed by atoms with E-state index in [4.69, 9.17) is 5.11 Å². The summed E-state index contributed by atoms with van der Waals surface area (Å²) in [5.41, 5.74) is 1.89. The van der Waals surface area contributed by atoms with Gasteiger partial charge in [0, 0.05) is 11.8 Å². The van der Waals surface area contributed by atoms with Crippen LogP contribution in [0, 0.1) is 5.92 Å². The van der Waals surface area contributed by atoms with Gasteiger partial charge in [0.1, 0.15) is 5.78 Å². The number of carbonyl (C=O) groups is 1. The molecule has 0 aliphatic heterocycles. The summed E-state index contributed by atoms with van der Waals surface area (Å²) in [7, 11) is 0. The van der Waals surface area contributed by atoms with Gasteiger partial charge >= 0.3 is 0 Å². The maximum atomic E-state index is 12.0. The number of aliphatic hydroxyl groups excluding tert-OH is 1. The van der Waals surface area contributed by atoms with E-state index < -0.39 is 0 Å². The Morgan fingerprint density at radius 1 is 1.28 bits per heavy atom. The molecule has 0 fully saturated rings. The van der Waals surface area contributed by atoms with Crippen molar-refractivity contribution in [2.24, 2.45) is 5.92 Å². The van der Waals surface area contributed by atoms with E-state index in [0.29, 0.717) is 0 Å². The minimum absolute atomic E-state index is 0.0279. The molecule has 1 unspecified atom stereocenters. The summed E-state index contributed by atoms with van der Waals surface area (Å²) < 4.78 is 0. The van der Waals surface area contributed by atoms with Gasteiger partial charge in [-0.3, -0.25) is 4.79 Å². The van der Waals surface area contributed by atoms with Gasteiger partial charge in [0.2, 0.25) is 0 Å². The molecule has 1 N–H and O–H groups in total.